The molecular formula is C10H18N2O. The average molecular weight is 182 g/mol. The molecule has 1 amide bonds. The van der Waals surface area contributed by atoms with E-state index in [9.17, 15) is 4.79 Å². The van der Waals surface area contributed by atoms with Gasteiger partial charge in [-0.2, -0.15) is 5.26 Å². The van der Waals surface area contributed by atoms with Crippen LogP contribution in [0.4, 0.5) is 0 Å². The van der Waals surface area contributed by atoms with Gasteiger partial charge in [-0.15, -0.1) is 0 Å². The van der Waals surface area contributed by atoms with Crippen molar-refractivity contribution in [2.24, 2.45) is 5.41 Å². The van der Waals surface area contributed by atoms with Crippen LogP contribution >= 0.6 is 0 Å². The number of hydrogen-bond donors (Lipinski definition) is 0. The van der Waals surface area contributed by atoms with Crippen LogP contribution in [0, 0.1) is 16.7 Å². The molecular weight excluding hydrogens is 164 g/mol. The SMILES string of the molecule is CCN(CC)C(=O)C(C)(C#N)CC. The molecule has 0 fully saturated rings. The van der Waals surface area contributed by atoms with Gasteiger partial charge < -0.3 is 4.90 Å². The maximum atomic E-state index is 11.8. The fourth-order valence-corrected chi connectivity index (χ4v) is 1.14. The molecule has 0 aromatic rings. The van der Waals surface area contributed by atoms with Crippen molar-refractivity contribution in [2.75, 3.05) is 13.1 Å². The summed E-state index contributed by atoms with van der Waals surface area (Å²) in [5.41, 5.74) is -0.841. The number of nitrogens with zero attached hydrogens (tertiary/aromatic N) is 2. The van der Waals surface area contributed by atoms with Gasteiger partial charge in [-0.1, -0.05) is 6.92 Å². The molecule has 0 spiro atoms. The third kappa shape index (κ3) is 2.45. The van der Waals surface area contributed by atoms with Gasteiger partial charge in [0.2, 0.25) is 5.91 Å². The lowest BCUT2D eigenvalue weighted by atomic mass is 9.88. The van der Waals surface area contributed by atoms with E-state index in [2.05, 4.69) is 6.07 Å². The van der Waals surface area contributed by atoms with Gasteiger partial charge in [0.05, 0.1) is 6.07 Å². The lowest BCUT2D eigenvalue weighted by Crippen LogP contribution is -2.41. The van der Waals surface area contributed by atoms with E-state index in [0.717, 1.165) is 0 Å². The Morgan fingerprint density at radius 3 is 2.08 bits per heavy atom. The molecule has 0 aromatic heterocycles. The van der Waals surface area contributed by atoms with E-state index in [4.69, 9.17) is 5.26 Å². The Morgan fingerprint density at radius 2 is 1.85 bits per heavy atom. The normalized spacial score (nSPS) is 14.4. The molecule has 0 aliphatic rings. The lowest BCUT2D eigenvalue weighted by Gasteiger charge is -2.27. The molecule has 3 nitrogen and oxygen atoms in total. The molecule has 0 aromatic carbocycles. The number of carbonyl (C=O) groups excluding carboxylic acids is 1. The molecule has 0 rings (SSSR count). The molecule has 0 saturated heterocycles. The second kappa shape index (κ2) is 4.86. The van der Waals surface area contributed by atoms with Gasteiger partial charge in [0.25, 0.3) is 0 Å². The molecule has 0 heterocycles. The lowest BCUT2D eigenvalue weighted by molar-refractivity contribution is -0.138. The molecule has 0 aliphatic carbocycles. The van der Waals surface area contributed by atoms with E-state index in [1.807, 2.05) is 20.8 Å². The molecule has 0 radical (unpaired) electrons. The van der Waals surface area contributed by atoms with Crippen LogP contribution in [0.1, 0.15) is 34.1 Å². The molecule has 0 saturated carbocycles. The fourth-order valence-electron chi connectivity index (χ4n) is 1.14. The Labute approximate surface area is 80.3 Å². The number of hydrogen-bond acceptors (Lipinski definition) is 2. The molecule has 0 bridgehead atoms. The van der Waals surface area contributed by atoms with Crippen LogP contribution in [0.5, 0.6) is 0 Å². The van der Waals surface area contributed by atoms with Gasteiger partial charge in [-0.3, -0.25) is 4.79 Å². The second-order valence-electron chi connectivity index (χ2n) is 3.27. The predicted molar refractivity (Wildman–Crippen MR) is 51.9 cm³/mol. The molecule has 74 valence electrons. The van der Waals surface area contributed by atoms with E-state index in [-0.39, 0.29) is 5.91 Å². The van der Waals surface area contributed by atoms with Crippen LogP contribution < -0.4 is 0 Å². The maximum Gasteiger partial charge on any atom is 0.242 e. The number of rotatable bonds is 4. The summed E-state index contributed by atoms with van der Waals surface area (Å²) in [6.45, 7) is 8.77. The largest absolute Gasteiger partial charge is 0.342 e. The highest BCUT2D eigenvalue weighted by atomic mass is 16.2. The summed E-state index contributed by atoms with van der Waals surface area (Å²) in [4.78, 5) is 13.5. The minimum atomic E-state index is -0.841. The Balaban J connectivity index is 4.66. The van der Waals surface area contributed by atoms with Gasteiger partial charge >= 0.3 is 0 Å². The summed E-state index contributed by atoms with van der Waals surface area (Å²) in [6.07, 6.45) is 0.568. The monoisotopic (exact) mass is 182 g/mol. The highest BCUT2D eigenvalue weighted by molar-refractivity contribution is 5.84. The van der Waals surface area contributed by atoms with Crippen LogP contribution in [-0.4, -0.2) is 23.9 Å². The van der Waals surface area contributed by atoms with Gasteiger partial charge in [0.1, 0.15) is 5.41 Å². The Kier molecular flexibility index (Phi) is 4.47. The topological polar surface area (TPSA) is 44.1 Å². The van der Waals surface area contributed by atoms with E-state index < -0.39 is 5.41 Å². The third-order valence-electron chi connectivity index (χ3n) is 2.48. The summed E-state index contributed by atoms with van der Waals surface area (Å²) < 4.78 is 0. The minimum Gasteiger partial charge on any atom is -0.342 e. The van der Waals surface area contributed by atoms with Crippen molar-refractivity contribution >= 4 is 5.91 Å². The molecule has 1 unspecified atom stereocenters. The highest BCUT2D eigenvalue weighted by Gasteiger charge is 2.33. The zero-order valence-corrected chi connectivity index (χ0v) is 8.92. The molecule has 0 N–H and O–H groups in total. The average Bonchev–Trinajstić information content (AvgIpc) is 2.18. The van der Waals surface area contributed by atoms with Gasteiger partial charge in [0, 0.05) is 13.1 Å². The van der Waals surface area contributed by atoms with Crippen LogP contribution in [0.2, 0.25) is 0 Å². The van der Waals surface area contributed by atoms with Crippen LogP contribution in [0.25, 0.3) is 0 Å². The fraction of sp³-hybridized carbons (Fsp3) is 0.800. The Bertz CT molecular complexity index is 215. The third-order valence-corrected chi connectivity index (χ3v) is 2.48. The minimum absolute atomic E-state index is 0.0532. The molecule has 1 atom stereocenters. The zero-order valence-electron chi connectivity index (χ0n) is 8.92. The second-order valence-corrected chi connectivity index (χ2v) is 3.27. The van der Waals surface area contributed by atoms with E-state index in [1.165, 1.54) is 0 Å². The van der Waals surface area contributed by atoms with Crippen molar-refractivity contribution < 1.29 is 4.79 Å². The van der Waals surface area contributed by atoms with Crippen molar-refractivity contribution in [1.82, 2.24) is 4.90 Å². The number of carbonyl (C=O) groups is 1. The summed E-state index contributed by atoms with van der Waals surface area (Å²) in [6, 6.07) is 2.09. The van der Waals surface area contributed by atoms with Crippen LogP contribution in [0.15, 0.2) is 0 Å². The van der Waals surface area contributed by atoms with Crippen molar-refractivity contribution in [3.8, 4) is 6.07 Å². The van der Waals surface area contributed by atoms with Crippen molar-refractivity contribution in [3.05, 3.63) is 0 Å². The quantitative estimate of drug-likeness (QED) is 0.665. The summed E-state index contributed by atoms with van der Waals surface area (Å²) in [5, 5.41) is 8.90. The van der Waals surface area contributed by atoms with Gasteiger partial charge in [0.15, 0.2) is 0 Å². The molecule has 13 heavy (non-hydrogen) atoms. The van der Waals surface area contributed by atoms with Gasteiger partial charge in [-0.05, 0) is 27.2 Å². The maximum absolute atomic E-state index is 11.8. The summed E-state index contributed by atoms with van der Waals surface area (Å²) in [7, 11) is 0. The van der Waals surface area contributed by atoms with Gasteiger partial charge in [-0.25, -0.2) is 0 Å². The highest BCUT2D eigenvalue weighted by Crippen LogP contribution is 2.22. The predicted octanol–water partition coefficient (Wildman–Crippen LogP) is 1.79. The van der Waals surface area contributed by atoms with Crippen molar-refractivity contribution in [3.63, 3.8) is 0 Å². The van der Waals surface area contributed by atoms with E-state index in [1.54, 1.807) is 11.8 Å². The Hall–Kier alpha value is -1.04. The van der Waals surface area contributed by atoms with Crippen molar-refractivity contribution in [2.45, 2.75) is 34.1 Å². The Morgan fingerprint density at radius 1 is 1.38 bits per heavy atom. The first-order valence-electron chi connectivity index (χ1n) is 4.76. The van der Waals surface area contributed by atoms with Crippen LogP contribution in [0.3, 0.4) is 0 Å². The first-order chi connectivity index (χ1) is 6.05. The zero-order chi connectivity index (χ0) is 10.5. The van der Waals surface area contributed by atoms with Crippen LogP contribution in [-0.2, 0) is 4.79 Å². The first-order valence-corrected chi connectivity index (χ1v) is 4.76. The summed E-state index contributed by atoms with van der Waals surface area (Å²) in [5.74, 6) is -0.0532. The number of amides is 1. The first kappa shape index (κ1) is 12.0. The summed E-state index contributed by atoms with van der Waals surface area (Å²) >= 11 is 0. The van der Waals surface area contributed by atoms with E-state index in [0.29, 0.717) is 19.5 Å². The standard InChI is InChI=1S/C10H18N2O/c1-5-10(4,8-11)9(13)12(6-2)7-3/h5-7H2,1-4H3. The number of nitriles is 1. The van der Waals surface area contributed by atoms with E-state index >= 15 is 0 Å². The molecule has 0 aliphatic heterocycles. The molecule has 3 heteroatoms. The smallest absolute Gasteiger partial charge is 0.242 e. The van der Waals surface area contributed by atoms with Crippen molar-refractivity contribution in [1.29, 1.82) is 5.26 Å².